The molecule has 2 aliphatic heterocycles. The van der Waals surface area contributed by atoms with Crippen molar-refractivity contribution in [3.8, 4) is 0 Å². The van der Waals surface area contributed by atoms with Crippen LogP contribution in [-0.2, 0) is 33.3 Å². The quantitative estimate of drug-likeness (QED) is 0.195. The molecule has 2 aromatic heterocycles. The van der Waals surface area contributed by atoms with E-state index < -0.39 is 81.1 Å². The van der Waals surface area contributed by atoms with Gasteiger partial charge in [-0.3, -0.25) is 23.7 Å². The number of para-hydroxylation sites is 2. The normalized spacial score (nSPS) is 20.0. The van der Waals surface area contributed by atoms with E-state index >= 15 is 0 Å². The number of imide groups is 1. The molecule has 1 N–H and O–H groups in total. The first kappa shape index (κ1) is 30.1. The molecule has 2 aromatic carbocycles. The standard InChI is InChI=1S/C28H17F6N3O4S3/c29-27(30,31)13-6-1-3-8-15(13)35-18(38)12-36-25-22(44-26(36)41)19(17-10-5-11-42-17)20-21(43-25)24(40)37(23(20)39)16-9-4-2-7-14(16)28(32,33)34/h1-11,19-21H,12H2,(H,35,38)/t19-,20-,21+/m0/s1. The van der Waals surface area contributed by atoms with Crippen LogP contribution in [0.1, 0.15) is 26.8 Å². The number of thiophene rings is 1. The molecule has 0 saturated carbocycles. The largest absolute Gasteiger partial charge is 0.418 e. The Kier molecular flexibility index (Phi) is 7.49. The summed E-state index contributed by atoms with van der Waals surface area (Å²) in [6.07, 6.45) is -9.62. The van der Waals surface area contributed by atoms with E-state index in [0.29, 0.717) is 26.0 Å². The van der Waals surface area contributed by atoms with Crippen LogP contribution in [0.25, 0.3) is 0 Å². The van der Waals surface area contributed by atoms with E-state index in [1.165, 1.54) is 23.5 Å². The fourth-order valence-corrected chi connectivity index (χ4v) is 9.07. The predicted octanol–water partition coefficient (Wildman–Crippen LogP) is 6.44. The Morgan fingerprint density at radius 3 is 2.16 bits per heavy atom. The molecular formula is C28H17F6N3O4S3. The minimum Gasteiger partial charge on any atom is -0.324 e. The van der Waals surface area contributed by atoms with E-state index in [-0.39, 0.29) is 5.03 Å². The third-order valence-corrected chi connectivity index (χ3v) is 10.7. The Morgan fingerprint density at radius 2 is 1.50 bits per heavy atom. The number of thioether (sulfide) groups is 1. The van der Waals surface area contributed by atoms with Crippen molar-refractivity contribution in [2.45, 2.75) is 35.1 Å². The van der Waals surface area contributed by atoms with Gasteiger partial charge in [0, 0.05) is 15.7 Å². The second-order valence-electron chi connectivity index (χ2n) is 9.80. The van der Waals surface area contributed by atoms with Crippen molar-refractivity contribution in [1.29, 1.82) is 0 Å². The molecule has 228 valence electrons. The van der Waals surface area contributed by atoms with Crippen LogP contribution in [0.3, 0.4) is 0 Å². The highest BCUT2D eigenvalue weighted by molar-refractivity contribution is 8.00. The maximum Gasteiger partial charge on any atom is 0.418 e. The van der Waals surface area contributed by atoms with Crippen LogP contribution in [-0.4, -0.2) is 27.5 Å². The highest BCUT2D eigenvalue weighted by Crippen LogP contribution is 2.55. The molecule has 0 bridgehead atoms. The van der Waals surface area contributed by atoms with Gasteiger partial charge in [0.1, 0.15) is 11.8 Å². The Bertz CT molecular complexity index is 1850. The zero-order chi connectivity index (χ0) is 31.6. The summed E-state index contributed by atoms with van der Waals surface area (Å²) in [6, 6.07) is 11.9. The van der Waals surface area contributed by atoms with Crippen LogP contribution in [0.4, 0.5) is 37.7 Å². The molecule has 2 aliphatic rings. The summed E-state index contributed by atoms with van der Waals surface area (Å²) in [7, 11) is 0. The number of thiazole rings is 1. The van der Waals surface area contributed by atoms with E-state index in [9.17, 15) is 45.5 Å². The van der Waals surface area contributed by atoms with Gasteiger partial charge in [-0.2, -0.15) is 26.3 Å². The first-order valence-electron chi connectivity index (χ1n) is 12.7. The van der Waals surface area contributed by atoms with Crippen molar-refractivity contribution in [1.82, 2.24) is 4.57 Å². The minimum absolute atomic E-state index is 0.144. The van der Waals surface area contributed by atoms with Gasteiger partial charge in [-0.05, 0) is 35.7 Å². The molecule has 1 saturated heterocycles. The Hall–Kier alpha value is -3.89. The number of carbonyl (C=O) groups is 3. The number of hydrogen-bond acceptors (Lipinski definition) is 7. The van der Waals surface area contributed by atoms with Crippen molar-refractivity contribution in [2.24, 2.45) is 5.92 Å². The molecule has 0 unspecified atom stereocenters. The van der Waals surface area contributed by atoms with Gasteiger partial charge in [0.25, 0.3) is 0 Å². The number of carbonyl (C=O) groups excluding carboxylic acids is 3. The maximum atomic E-state index is 13.9. The number of benzene rings is 2. The molecule has 0 radical (unpaired) electrons. The van der Waals surface area contributed by atoms with Gasteiger partial charge in [0.05, 0.1) is 33.4 Å². The van der Waals surface area contributed by atoms with Crippen LogP contribution in [0.2, 0.25) is 0 Å². The monoisotopic (exact) mass is 669 g/mol. The van der Waals surface area contributed by atoms with Gasteiger partial charge in [0.2, 0.25) is 17.7 Å². The maximum absolute atomic E-state index is 13.9. The second-order valence-corrected chi connectivity index (χ2v) is 12.9. The van der Waals surface area contributed by atoms with Crippen molar-refractivity contribution in [2.75, 3.05) is 10.2 Å². The van der Waals surface area contributed by atoms with Gasteiger partial charge in [-0.1, -0.05) is 53.4 Å². The number of hydrogen-bond donors (Lipinski definition) is 1. The lowest BCUT2D eigenvalue weighted by molar-refractivity contribution is -0.138. The predicted molar refractivity (Wildman–Crippen MR) is 152 cm³/mol. The molecule has 1 fully saturated rings. The number of rotatable bonds is 5. The molecule has 7 nitrogen and oxygen atoms in total. The highest BCUT2D eigenvalue weighted by Gasteiger charge is 2.58. The molecule has 4 aromatic rings. The highest BCUT2D eigenvalue weighted by atomic mass is 32.2. The number of aromatic nitrogens is 1. The number of fused-ring (bicyclic) bond motifs is 2. The summed E-state index contributed by atoms with van der Waals surface area (Å²) < 4.78 is 83.0. The smallest absolute Gasteiger partial charge is 0.324 e. The minimum atomic E-state index is -4.86. The van der Waals surface area contributed by atoms with Crippen LogP contribution in [0.15, 0.2) is 75.9 Å². The molecule has 16 heteroatoms. The Labute approximate surface area is 256 Å². The van der Waals surface area contributed by atoms with Crippen molar-refractivity contribution in [3.05, 3.63) is 96.6 Å². The first-order valence-corrected chi connectivity index (χ1v) is 15.3. The molecule has 3 amide bonds. The zero-order valence-corrected chi connectivity index (χ0v) is 24.3. The van der Waals surface area contributed by atoms with E-state index in [4.69, 9.17) is 0 Å². The number of halogens is 6. The van der Waals surface area contributed by atoms with Crippen molar-refractivity contribution >= 4 is 63.5 Å². The summed E-state index contributed by atoms with van der Waals surface area (Å²) in [5.41, 5.74) is -3.38. The lowest BCUT2D eigenvalue weighted by atomic mass is 9.87. The van der Waals surface area contributed by atoms with E-state index in [0.717, 1.165) is 52.7 Å². The van der Waals surface area contributed by atoms with Gasteiger partial charge in [-0.15, -0.1) is 11.3 Å². The molecular weight excluding hydrogens is 653 g/mol. The Morgan fingerprint density at radius 1 is 0.841 bits per heavy atom. The van der Waals surface area contributed by atoms with E-state index in [1.807, 2.05) is 0 Å². The van der Waals surface area contributed by atoms with Crippen molar-refractivity contribution in [3.63, 3.8) is 0 Å². The Balaban J connectivity index is 1.39. The average molecular weight is 670 g/mol. The summed E-state index contributed by atoms with van der Waals surface area (Å²) >= 11 is 2.71. The summed E-state index contributed by atoms with van der Waals surface area (Å²) in [6.45, 7) is -0.707. The number of amides is 3. The van der Waals surface area contributed by atoms with Crippen LogP contribution >= 0.6 is 34.4 Å². The number of nitrogens with one attached hydrogen (secondary N) is 1. The third kappa shape index (κ3) is 5.13. The van der Waals surface area contributed by atoms with Gasteiger partial charge < -0.3 is 5.32 Å². The molecule has 4 heterocycles. The number of anilines is 2. The average Bonchev–Trinajstić information content (AvgIpc) is 3.65. The van der Waals surface area contributed by atoms with Crippen molar-refractivity contribution < 1.29 is 40.7 Å². The molecule has 0 aliphatic carbocycles. The lowest BCUT2D eigenvalue weighted by Gasteiger charge is -2.29. The van der Waals surface area contributed by atoms with Gasteiger partial charge >= 0.3 is 17.2 Å². The molecule has 3 atom stereocenters. The number of alkyl halides is 6. The third-order valence-electron chi connectivity index (χ3n) is 7.16. The summed E-state index contributed by atoms with van der Waals surface area (Å²) in [4.78, 5) is 54.4. The zero-order valence-electron chi connectivity index (χ0n) is 21.8. The second kappa shape index (κ2) is 10.9. The van der Waals surface area contributed by atoms with Gasteiger partial charge in [0.15, 0.2) is 0 Å². The topological polar surface area (TPSA) is 88.5 Å². The van der Waals surface area contributed by atoms with E-state index in [2.05, 4.69) is 5.32 Å². The summed E-state index contributed by atoms with van der Waals surface area (Å²) in [5, 5.41) is 2.79. The lowest BCUT2D eigenvalue weighted by Crippen LogP contribution is -2.33. The first-order chi connectivity index (χ1) is 20.8. The summed E-state index contributed by atoms with van der Waals surface area (Å²) in [5.74, 6) is -4.76. The van der Waals surface area contributed by atoms with Crippen LogP contribution < -0.4 is 15.1 Å². The SMILES string of the molecule is O=C(Cn1c2c(sc1=O)[C@@H](c1cccs1)[C@@H]1C(=O)N(c3ccccc3C(F)(F)F)C(=O)[C@@H]1S2)Nc1ccccc1C(F)(F)F. The van der Waals surface area contributed by atoms with Crippen LogP contribution in [0.5, 0.6) is 0 Å². The number of nitrogens with zero attached hydrogens (tertiary/aromatic N) is 2. The fraction of sp³-hybridized carbons (Fsp3) is 0.214. The molecule has 44 heavy (non-hydrogen) atoms. The molecule has 0 spiro atoms. The molecule has 6 rings (SSSR count). The van der Waals surface area contributed by atoms with Gasteiger partial charge in [-0.25, -0.2) is 4.90 Å². The fourth-order valence-electron chi connectivity index (χ4n) is 5.35. The van der Waals surface area contributed by atoms with E-state index in [1.54, 1.807) is 17.5 Å². The van der Waals surface area contributed by atoms with Crippen LogP contribution in [0, 0.1) is 5.92 Å².